The van der Waals surface area contributed by atoms with Crippen LogP contribution < -0.4 is 16.0 Å². The van der Waals surface area contributed by atoms with Crippen LogP contribution in [0.1, 0.15) is 35.3 Å². The van der Waals surface area contributed by atoms with Crippen molar-refractivity contribution < 1.29 is 9.53 Å². The van der Waals surface area contributed by atoms with Gasteiger partial charge >= 0.3 is 0 Å². The first-order valence-electron chi connectivity index (χ1n) is 5.24. The maximum atomic E-state index is 11.4. The summed E-state index contributed by atoms with van der Waals surface area (Å²) in [6.45, 7) is 7.77. The molecular formula is C12H18N2O2. The van der Waals surface area contributed by atoms with Gasteiger partial charge in [-0.25, -0.2) is 5.84 Å². The van der Waals surface area contributed by atoms with Gasteiger partial charge in [0.15, 0.2) is 0 Å². The Balaban J connectivity index is 3.12. The van der Waals surface area contributed by atoms with Crippen LogP contribution in [0, 0.1) is 13.8 Å². The molecule has 0 radical (unpaired) electrons. The van der Waals surface area contributed by atoms with Crippen molar-refractivity contribution in [3.63, 3.8) is 0 Å². The molecular weight excluding hydrogens is 204 g/mol. The molecule has 88 valence electrons. The first kappa shape index (κ1) is 12.5. The lowest BCUT2D eigenvalue weighted by molar-refractivity contribution is 0.0953. The lowest BCUT2D eigenvalue weighted by Crippen LogP contribution is -2.30. The van der Waals surface area contributed by atoms with Gasteiger partial charge in [-0.3, -0.25) is 10.2 Å². The van der Waals surface area contributed by atoms with Crippen molar-refractivity contribution in [3.05, 3.63) is 28.8 Å². The highest BCUT2D eigenvalue weighted by atomic mass is 16.5. The van der Waals surface area contributed by atoms with E-state index in [-0.39, 0.29) is 12.0 Å². The predicted octanol–water partition coefficient (Wildman–Crippen LogP) is 1.69. The number of hydrogen-bond donors (Lipinski definition) is 2. The van der Waals surface area contributed by atoms with Gasteiger partial charge in [0, 0.05) is 5.56 Å². The Hall–Kier alpha value is -1.55. The van der Waals surface area contributed by atoms with Gasteiger partial charge in [0.25, 0.3) is 5.91 Å². The summed E-state index contributed by atoms with van der Waals surface area (Å²) in [7, 11) is 0. The van der Waals surface area contributed by atoms with Crippen LogP contribution in [-0.4, -0.2) is 12.0 Å². The fraction of sp³-hybridized carbons (Fsp3) is 0.417. The highest BCUT2D eigenvalue weighted by Gasteiger charge is 2.11. The summed E-state index contributed by atoms with van der Waals surface area (Å²) in [5, 5.41) is 0. The number of rotatable bonds is 3. The van der Waals surface area contributed by atoms with Gasteiger partial charge in [0.2, 0.25) is 0 Å². The van der Waals surface area contributed by atoms with Crippen molar-refractivity contribution in [2.45, 2.75) is 33.8 Å². The molecule has 1 amide bonds. The van der Waals surface area contributed by atoms with Gasteiger partial charge in [-0.05, 0) is 51.0 Å². The molecule has 1 rings (SSSR count). The summed E-state index contributed by atoms with van der Waals surface area (Å²) in [6.07, 6.45) is 0.117. The van der Waals surface area contributed by atoms with Crippen molar-refractivity contribution in [2.75, 3.05) is 0 Å². The second kappa shape index (κ2) is 4.99. The molecule has 0 unspecified atom stereocenters. The summed E-state index contributed by atoms with van der Waals surface area (Å²) in [4.78, 5) is 11.4. The molecule has 0 saturated carbocycles. The van der Waals surface area contributed by atoms with Gasteiger partial charge in [-0.1, -0.05) is 0 Å². The highest BCUT2D eigenvalue weighted by molar-refractivity contribution is 5.94. The number of nitrogens with one attached hydrogen (secondary N) is 1. The van der Waals surface area contributed by atoms with Crippen molar-refractivity contribution in [1.29, 1.82) is 0 Å². The first-order chi connectivity index (χ1) is 7.45. The van der Waals surface area contributed by atoms with E-state index in [0.29, 0.717) is 5.56 Å². The zero-order valence-electron chi connectivity index (χ0n) is 10.1. The Morgan fingerprint density at radius 3 is 2.19 bits per heavy atom. The molecule has 0 heterocycles. The van der Waals surface area contributed by atoms with Crippen molar-refractivity contribution in [3.8, 4) is 5.75 Å². The normalized spacial score (nSPS) is 10.4. The molecule has 1 aromatic carbocycles. The Morgan fingerprint density at radius 1 is 1.31 bits per heavy atom. The second-order valence-corrected chi connectivity index (χ2v) is 4.08. The van der Waals surface area contributed by atoms with Crippen molar-refractivity contribution >= 4 is 5.91 Å². The second-order valence-electron chi connectivity index (χ2n) is 4.08. The molecule has 0 aliphatic heterocycles. The van der Waals surface area contributed by atoms with E-state index in [9.17, 15) is 4.79 Å². The van der Waals surface area contributed by atoms with E-state index in [1.54, 1.807) is 12.1 Å². The Bertz CT molecular complexity index is 377. The van der Waals surface area contributed by atoms with Gasteiger partial charge < -0.3 is 4.74 Å². The minimum Gasteiger partial charge on any atom is -0.490 e. The Morgan fingerprint density at radius 2 is 1.81 bits per heavy atom. The van der Waals surface area contributed by atoms with Crippen molar-refractivity contribution in [1.82, 2.24) is 5.43 Å². The SMILES string of the molecule is Cc1cc(C(=O)NN)cc(C)c1OC(C)C. The maximum absolute atomic E-state index is 11.4. The maximum Gasteiger partial charge on any atom is 0.265 e. The molecule has 16 heavy (non-hydrogen) atoms. The number of carbonyl (C=O) groups excluding carboxylic acids is 1. The van der Waals surface area contributed by atoms with Crippen LogP contribution in [0.3, 0.4) is 0 Å². The average molecular weight is 222 g/mol. The monoisotopic (exact) mass is 222 g/mol. The van der Waals surface area contributed by atoms with E-state index >= 15 is 0 Å². The minimum atomic E-state index is -0.290. The molecule has 0 aliphatic carbocycles. The summed E-state index contributed by atoms with van der Waals surface area (Å²) in [5.74, 6) is 5.64. The molecule has 1 aromatic rings. The number of hydrogen-bond acceptors (Lipinski definition) is 3. The molecule has 3 N–H and O–H groups in total. The molecule has 0 fully saturated rings. The zero-order valence-corrected chi connectivity index (χ0v) is 10.1. The minimum absolute atomic E-state index is 0.117. The summed E-state index contributed by atoms with van der Waals surface area (Å²) < 4.78 is 5.68. The molecule has 0 atom stereocenters. The van der Waals surface area contributed by atoms with Gasteiger partial charge in [-0.2, -0.15) is 0 Å². The number of aryl methyl sites for hydroxylation is 2. The van der Waals surface area contributed by atoms with Crippen LogP contribution in [0.5, 0.6) is 5.75 Å². The van der Waals surface area contributed by atoms with E-state index in [1.807, 2.05) is 27.7 Å². The number of amides is 1. The third-order valence-corrected chi connectivity index (χ3v) is 2.21. The van der Waals surface area contributed by atoms with Crippen LogP contribution in [0.4, 0.5) is 0 Å². The third kappa shape index (κ3) is 2.73. The van der Waals surface area contributed by atoms with Gasteiger partial charge in [0.1, 0.15) is 5.75 Å². The Kier molecular flexibility index (Phi) is 3.90. The van der Waals surface area contributed by atoms with E-state index in [0.717, 1.165) is 16.9 Å². The number of benzene rings is 1. The molecule has 4 nitrogen and oxygen atoms in total. The highest BCUT2D eigenvalue weighted by Crippen LogP contribution is 2.25. The molecule has 0 aromatic heterocycles. The van der Waals surface area contributed by atoms with Crippen LogP contribution in [0.25, 0.3) is 0 Å². The van der Waals surface area contributed by atoms with Crippen LogP contribution >= 0.6 is 0 Å². The average Bonchev–Trinajstić information content (AvgIpc) is 2.21. The quantitative estimate of drug-likeness (QED) is 0.464. The smallest absolute Gasteiger partial charge is 0.265 e. The van der Waals surface area contributed by atoms with Gasteiger partial charge in [0.05, 0.1) is 6.10 Å². The zero-order chi connectivity index (χ0) is 12.3. The number of hydrazine groups is 1. The lowest BCUT2D eigenvalue weighted by atomic mass is 10.1. The van der Waals surface area contributed by atoms with E-state index < -0.39 is 0 Å². The fourth-order valence-electron chi connectivity index (χ4n) is 1.59. The molecule has 0 saturated heterocycles. The summed E-state index contributed by atoms with van der Waals surface area (Å²) >= 11 is 0. The number of nitrogens with two attached hydrogens (primary N) is 1. The molecule has 4 heteroatoms. The van der Waals surface area contributed by atoms with Gasteiger partial charge in [-0.15, -0.1) is 0 Å². The van der Waals surface area contributed by atoms with E-state index in [4.69, 9.17) is 10.6 Å². The Labute approximate surface area is 95.8 Å². The number of ether oxygens (including phenoxy) is 1. The fourth-order valence-corrected chi connectivity index (χ4v) is 1.59. The molecule has 0 aliphatic rings. The molecule has 0 bridgehead atoms. The molecule has 0 spiro atoms. The van der Waals surface area contributed by atoms with Crippen molar-refractivity contribution in [2.24, 2.45) is 5.84 Å². The topological polar surface area (TPSA) is 64.4 Å². The van der Waals surface area contributed by atoms with Crippen LogP contribution in [0.2, 0.25) is 0 Å². The van der Waals surface area contributed by atoms with E-state index in [2.05, 4.69) is 5.43 Å². The van der Waals surface area contributed by atoms with E-state index in [1.165, 1.54) is 0 Å². The largest absolute Gasteiger partial charge is 0.490 e. The number of nitrogen functional groups attached to an aromatic ring is 1. The predicted molar refractivity (Wildman–Crippen MR) is 63.3 cm³/mol. The summed E-state index contributed by atoms with van der Waals surface area (Å²) in [6, 6.07) is 3.54. The van der Waals surface area contributed by atoms with Crippen LogP contribution in [0.15, 0.2) is 12.1 Å². The third-order valence-electron chi connectivity index (χ3n) is 2.21. The number of carbonyl (C=O) groups is 1. The summed E-state index contributed by atoms with van der Waals surface area (Å²) in [5.41, 5.74) is 4.54. The standard InChI is InChI=1S/C12H18N2O2/c1-7(2)16-11-8(3)5-10(6-9(11)4)12(15)14-13/h5-7H,13H2,1-4H3,(H,14,15). The van der Waals surface area contributed by atoms with Crippen LogP contribution in [-0.2, 0) is 0 Å². The lowest BCUT2D eigenvalue weighted by Gasteiger charge is -2.16. The first-order valence-corrected chi connectivity index (χ1v) is 5.24.